The predicted octanol–water partition coefficient (Wildman–Crippen LogP) is 6.99. The number of aryl methyl sites for hydroxylation is 1. The third-order valence-electron chi connectivity index (χ3n) is 6.32. The van der Waals surface area contributed by atoms with E-state index in [-0.39, 0.29) is 8.80 Å². The monoisotopic (exact) mass is 375 g/mol. The summed E-state index contributed by atoms with van der Waals surface area (Å²) in [7, 11) is -0.363. The van der Waals surface area contributed by atoms with E-state index < -0.39 is 0 Å². The molecule has 1 aliphatic rings. The van der Waals surface area contributed by atoms with Crippen LogP contribution in [-0.2, 0) is 6.42 Å². The van der Waals surface area contributed by atoms with Crippen molar-refractivity contribution < 1.29 is 0 Å². The molecular weight excluding hydrogens is 342 g/mol. The number of hydrogen-bond acceptors (Lipinski definition) is 1. The molecule has 2 aromatic rings. The Hall–Kier alpha value is -1.85. The molecule has 0 aliphatic carbocycles. The van der Waals surface area contributed by atoms with Gasteiger partial charge in [0.2, 0.25) is 0 Å². The Bertz CT molecular complexity index is 718. The van der Waals surface area contributed by atoms with Gasteiger partial charge in [0.05, 0.1) is 11.6 Å². The smallest absolute Gasteiger partial charge is 0.0991 e. The number of unbranched alkanes of at least 4 members (excludes halogenated alkanes) is 2. The highest BCUT2D eigenvalue weighted by Crippen LogP contribution is 2.31. The summed E-state index contributed by atoms with van der Waals surface area (Å²) in [6.45, 7) is 2.31. The third kappa shape index (κ3) is 6.08. The van der Waals surface area contributed by atoms with E-state index >= 15 is 0 Å². The molecular formula is C25H33NSi. The lowest BCUT2D eigenvalue weighted by Gasteiger charge is -2.27. The zero-order chi connectivity index (χ0) is 18.9. The zero-order valence-electron chi connectivity index (χ0n) is 16.8. The standard InChI is InChI=1S/C25H33NSi/c1-2-3-4-17-27-18-15-22(16-19-27)6-5-21-7-11-24(12-8-21)25-13-9-23(20-26)10-14-25/h7-14,22,27H,2-6,15-19H2,1H3/t22-,27-. The first-order chi connectivity index (χ1) is 13.3. The molecule has 0 saturated carbocycles. The molecule has 1 aliphatic heterocycles. The summed E-state index contributed by atoms with van der Waals surface area (Å²) in [6, 6.07) is 23.9. The van der Waals surface area contributed by atoms with Gasteiger partial charge in [-0.3, -0.25) is 0 Å². The van der Waals surface area contributed by atoms with Gasteiger partial charge in [0.1, 0.15) is 0 Å². The van der Waals surface area contributed by atoms with Crippen LogP contribution >= 0.6 is 0 Å². The second-order valence-corrected chi connectivity index (χ2v) is 11.8. The van der Waals surface area contributed by atoms with E-state index in [9.17, 15) is 0 Å². The minimum absolute atomic E-state index is 0.363. The molecule has 0 unspecified atom stereocenters. The summed E-state index contributed by atoms with van der Waals surface area (Å²) in [6.07, 6.45) is 9.92. The second-order valence-electron chi connectivity index (χ2n) is 8.31. The minimum Gasteiger partial charge on any atom is -0.192 e. The van der Waals surface area contributed by atoms with Gasteiger partial charge >= 0.3 is 0 Å². The summed E-state index contributed by atoms with van der Waals surface area (Å²) in [4.78, 5) is 0. The van der Waals surface area contributed by atoms with Crippen molar-refractivity contribution in [3.8, 4) is 17.2 Å². The van der Waals surface area contributed by atoms with Crippen LogP contribution in [0.3, 0.4) is 0 Å². The normalized spacial score (nSPS) is 19.6. The third-order valence-corrected chi connectivity index (χ3v) is 9.85. The van der Waals surface area contributed by atoms with Gasteiger partial charge in [-0.25, -0.2) is 0 Å². The lowest BCUT2D eigenvalue weighted by atomic mass is 9.93. The number of hydrogen-bond donors (Lipinski definition) is 0. The lowest BCUT2D eigenvalue weighted by Crippen LogP contribution is -2.21. The van der Waals surface area contributed by atoms with Crippen molar-refractivity contribution in [3.63, 3.8) is 0 Å². The average molecular weight is 376 g/mol. The SMILES string of the molecule is CCCCC[Si@H]1CC[C@H](CCc2ccc(-c3ccc(C#N)cc3)cc2)CC1. The Morgan fingerprint density at radius 2 is 1.56 bits per heavy atom. The van der Waals surface area contributed by atoms with Crippen LogP contribution in [0.15, 0.2) is 48.5 Å². The second kappa shape index (κ2) is 10.5. The van der Waals surface area contributed by atoms with Crippen LogP contribution in [0.1, 0.15) is 56.6 Å². The summed E-state index contributed by atoms with van der Waals surface area (Å²) in [5, 5.41) is 8.92. The Labute approximate surface area is 167 Å². The number of rotatable bonds is 8. The molecule has 0 bridgehead atoms. The molecule has 0 N–H and O–H groups in total. The first kappa shape index (κ1) is 19.9. The van der Waals surface area contributed by atoms with Gasteiger partial charge < -0.3 is 0 Å². The summed E-state index contributed by atoms with van der Waals surface area (Å²) >= 11 is 0. The van der Waals surface area contributed by atoms with Crippen molar-refractivity contribution in [1.29, 1.82) is 5.26 Å². The fourth-order valence-electron chi connectivity index (χ4n) is 4.46. The Morgan fingerprint density at radius 1 is 0.926 bits per heavy atom. The van der Waals surface area contributed by atoms with Crippen molar-refractivity contribution in [1.82, 2.24) is 0 Å². The highest BCUT2D eigenvalue weighted by atomic mass is 28.3. The summed E-state index contributed by atoms with van der Waals surface area (Å²) in [5.74, 6) is 0.970. The predicted molar refractivity (Wildman–Crippen MR) is 119 cm³/mol. The molecule has 2 aromatic carbocycles. The van der Waals surface area contributed by atoms with Gasteiger partial charge in [-0.05, 0) is 47.6 Å². The van der Waals surface area contributed by atoms with Crippen LogP contribution in [0.5, 0.6) is 0 Å². The fraction of sp³-hybridized carbons (Fsp3) is 0.480. The van der Waals surface area contributed by atoms with Gasteiger partial charge in [0.15, 0.2) is 0 Å². The molecule has 0 radical (unpaired) electrons. The maximum atomic E-state index is 8.92. The zero-order valence-corrected chi connectivity index (χ0v) is 17.9. The molecule has 142 valence electrons. The Balaban J connectivity index is 1.43. The van der Waals surface area contributed by atoms with Crippen LogP contribution in [0.25, 0.3) is 11.1 Å². The number of nitriles is 1. The molecule has 27 heavy (non-hydrogen) atoms. The van der Waals surface area contributed by atoms with E-state index in [1.54, 1.807) is 18.1 Å². The molecule has 0 atom stereocenters. The van der Waals surface area contributed by atoms with E-state index in [4.69, 9.17) is 5.26 Å². The van der Waals surface area contributed by atoms with Crippen molar-refractivity contribution in [2.45, 2.75) is 70.0 Å². The fourth-order valence-corrected chi connectivity index (χ4v) is 8.08. The van der Waals surface area contributed by atoms with Gasteiger partial charge in [-0.2, -0.15) is 5.26 Å². The van der Waals surface area contributed by atoms with Gasteiger partial charge in [0.25, 0.3) is 0 Å². The van der Waals surface area contributed by atoms with Crippen LogP contribution in [0.2, 0.25) is 18.1 Å². The van der Waals surface area contributed by atoms with Crippen molar-refractivity contribution in [3.05, 3.63) is 59.7 Å². The van der Waals surface area contributed by atoms with Crippen molar-refractivity contribution in [2.75, 3.05) is 0 Å². The van der Waals surface area contributed by atoms with E-state index in [2.05, 4.69) is 37.3 Å². The van der Waals surface area contributed by atoms with E-state index in [0.29, 0.717) is 0 Å². The topological polar surface area (TPSA) is 23.8 Å². The highest BCUT2D eigenvalue weighted by molar-refractivity contribution is 6.58. The van der Waals surface area contributed by atoms with E-state index in [0.717, 1.165) is 11.5 Å². The molecule has 1 nitrogen and oxygen atoms in total. The van der Waals surface area contributed by atoms with Crippen LogP contribution in [0, 0.1) is 17.2 Å². The Morgan fingerprint density at radius 3 is 2.15 bits per heavy atom. The molecule has 0 aromatic heterocycles. The van der Waals surface area contributed by atoms with Crippen LogP contribution in [-0.4, -0.2) is 8.80 Å². The summed E-state index contributed by atoms with van der Waals surface area (Å²) < 4.78 is 0. The van der Waals surface area contributed by atoms with Gasteiger partial charge in [-0.15, -0.1) is 0 Å². The molecule has 0 spiro atoms. The molecule has 2 heteroatoms. The summed E-state index contributed by atoms with van der Waals surface area (Å²) in [5.41, 5.74) is 4.61. The lowest BCUT2D eigenvalue weighted by molar-refractivity contribution is 0.437. The first-order valence-corrected chi connectivity index (χ1v) is 13.3. The van der Waals surface area contributed by atoms with Crippen molar-refractivity contribution >= 4 is 8.80 Å². The quantitative estimate of drug-likeness (QED) is 0.360. The maximum Gasteiger partial charge on any atom is 0.0991 e. The van der Waals surface area contributed by atoms with Crippen LogP contribution in [0.4, 0.5) is 0 Å². The molecule has 3 rings (SSSR count). The number of nitrogens with zero attached hydrogens (tertiary/aromatic N) is 1. The number of benzene rings is 2. The Kier molecular flexibility index (Phi) is 7.72. The highest BCUT2D eigenvalue weighted by Gasteiger charge is 2.21. The first-order valence-electron chi connectivity index (χ1n) is 10.9. The van der Waals surface area contributed by atoms with E-state index in [1.807, 2.05) is 24.3 Å². The molecule has 0 amide bonds. The average Bonchev–Trinajstić information content (AvgIpc) is 2.74. The van der Waals surface area contributed by atoms with Gasteiger partial charge in [0, 0.05) is 8.80 Å². The van der Waals surface area contributed by atoms with Gasteiger partial charge in [-0.1, -0.05) is 93.6 Å². The molecule has 1 heterocycles. The molecule has 1 saturated heterocycles. The van der Waals surface area contributed by atoms with Crippen molar-refractivity contribution in [2.24, 2.45) is 5.92 Å². The molecule has 1 fully saturated rings. The maximum absolute atomic E-state index is 8.92. The van der Waals surface area contributed by atoms with Crippen LogP contribution < -0.4 is 0 Å². The minimum atomic E-state index is -0.363. The van der Waals surface area contributed by atoms with E-state index in [1.165, 1.54) is 61.6 Å². The largest absolute Gasteiger partial charge is 0.192 e.